The highest BCUT2D eigenvalue weighted by Crippen LogP contribution is 2.23. The van der Waals surface area contributed by atoms with Gasteiger partial charge in [-0.2, -0.15) is 0 Å². The van der Waals surface area contributed by atoms with E-state index in [1.807, 2.05) is 19.1 Å². The molecule has 1 unspecified atom stereocenters. The van der Waals surface area contributed by atoms with Crippen LogP contribution in [0.15, 0.2) is 18.2 Å². The number of Topliss-reactive ketones (excluding diaryl/α,β-unsaturated/α-hetero) is 1. The number of benzene rings is 1. The van der Waals surface area contributed by atoms with Gasteiger partial charge in [0.2, 0.25) is 0 Å². The monoisotopic (exact) mass is 267 g/mol. The lowest BCUT2D eigenvalue weighted by atomic mass is 9.86. The van der Waals surface area contributed by atoms with Crippen molar-refractivity contribution >= 4 is 17.4 Å². The van der Waals surface area contributed by atoms with Crippen LogP contribution in [0.1, 0.15) is 49.5 Å². The fraction of sp³-hybridized carbons (Fsp3) is 0.533. The van der Waals surface area contributed by atoms with Crippen molar-refractivity contribution in [3.05, 3.63) is 34.3 Å². The fourth-order valence-electron chi connectivity index (χ4n) is 1.98. The Hall–Kier alpha value is -0.860. The van der Waals surface area contributed by atoms with Crippen LogP contribution in [0, 0.1) is 12.3 Å². The van der Waals surface area contributed by atoms with Crippen molar-refractivity contribution in [2.24, 2.45) is 11.1 Å². The van der Waals surface area contributed by atoms with Crippen molar-refractivity contribution in [2.45, 2.75) is 46.6 Å². The Morgan fingerprint density at radius 2 is 2.00 bits per heavy atom. The molecule has 0 heterocycles. The first kappa shape index (κ1) is 15.2. The molecule has 0 aliphatic heterocycles. The second kappa shape index (κ2) is 5.85. The van der Waals surface area contributed by atoms with Gasteiger partial charge in [-0.15, -0.1) is 0 Å². The van der Waals surface area contributed by atoms with Gasteiger partial charge < -0.3 is 5.73 Å². The molecule has 0 radical (unpaired) electrons. The summed E-state index contributed by atoms with van der Waals surface area (Å²) in [6.07, 6.45) is 1.20. The number of hydrogen-bond donors (Lipinski definition) is 1. The summed E-state index contributed by atoms with van der Waals surface area (Å²) in [5.41, 5.74) is 7.78. The van der Waals surface area contributed by atoms with E-state index >= 15 is 0 Å². The minimum Gasteiger partial charge on any atom is -0.327 e. The number of rotatable bonds is 4. The van der Waals surface area contributed by atoms with Crippen molar-refractivity contribution in [2.75, 3.05) is 0 Å². The zero-order valence-corrected chi connectivity index (χ0v) is 12.3. The van der Waals surface area contributed by atoms with Crippen LogP contribution in [-0.4, -0.2) is 11.8 Å². The topological polar surface area (TPSA) is 43.1 Å². The molecule has 18 heavy (non-hydrogen) atoms. The number of hydrogen-bond acceptors (Lipinski definition) is 2. The third-order valence-corrected chi connectivity index (χ3v) is 3.22. The van der Waals surface area contributed by atoms with E-state index in [0.717, 1.165) is 12.0 Å². The molecule has 0 bridgehead atoms. The maximum Gasteiger partial charge on any atom is 0.164 e. The summed E-state index contributed by atoms with van der Waals surface area (Å²) in [6, 6.07) is 5.30. The van der Waals surface area contributed by atoms with Gasteiger partial charge >= 0.3 is 0 Å². The van der Waals surface area contributed by atoms with Crippen LogP contribution in [0.25, 0.3) is 0 Å². The highest BCUT2D eigenvalue weighted by molar-refractivity contribution is 6.31. The molecule has 2 N–H and O–H groups in total. The maximum absolute atomic E-state index is 12.1. The minimum atomic E-state index is -0.0995. The molecule has 0 aliphatic carbocycles. The van der Waals surface area contributed by atoms with E-state index in [9.17, 15) is 4.79 Å². The standard InChI is InChI=1S/C15H22ClNO/c1-10-5-6-11(7-13(10)16)14(18)8-12(17)9-15(2,3)4/h5-7,12H,8-9,17H2,1-4H3. The summed E-state index contributed by atoms with van der Waals surface area (Å²) in [6.45, 7) is 8.29. The molecule has 2 nitrogen and oxygen atoms in total. The predicted molar refractivity (Wildman–Crippen MR) is 77.2 cm³/mol. The lowest BCUT2D eigenvalue weighted by Crippen LogP contribution is -2.29. The molecule has 0 fully saturated rings. The third kappa shape index (κ3) is 4.79. The molecular weight excluding hydrogens is 246 g/mol. The van der Waals surface area contributed by atoms with E-state index in [4.69, 9.17) is 17.3 Å². The van der Waals surface area contributed by atoms with Crippen LogP contribution in [0.4, 0.5) is 0 Å². The molecule has 1 aromatic rings. The molecule has 1 rings (SSSR count). The first-order valence-electron chi connectivity index (χ1n) is 6.24. The van der Waals surface area contributed by atoms with Gasteiger partial charge in [-0.1, -0.05) is 44.5 Å². The van der Waals surface area contributed by atoms with Gasteiger partial charge in [-0.25, -0.2) is 0 Å². The van der Waals surface area contributed by atoms with Gasteiger partial charge in [0.1, 0.15) is 0 Å². The summed E-state index contributed by atoms with van der Waals surface area (Å²) < 4.78 is 0. The Bertz CT molecular complexity index is 435. The Balaban J connectivity index is 2.68. The van der Waals surface area contributed by atoms with Crippen molar-refractivity contribution in [3.8, 4) is 0 Å². The molecule has 1 aromatic carbocycles. The SMILES string of the molecule is Cc1ccc(C(=O)CC(N)CC(C)(C)C)cc1Cl. The zero-order valence-electron chi connectivity index (χ0n) is 11.6. The second-order valence-electron chi connectivity index (χ2n) is 6.12. The van der Waals surface area contributed by atoms with E-state index in [2.05, 4.69) is 20.8 Å². The summed E-state index contributed by atoms with van der Waals surface area (Å²) in [7, 11) is 0. The van der Waals surface area contributed by atoms with Gasteiger partial charge in [0.15, 0.2) is 5.78 Å². The van der Waals surface area contributed by atoms with Crippen molar-refractivity contribution in [3.63, 3.8) is 0 Å². The van der Waals surface area contributed by atoms with E-state index < -0.39 is 0 Å². The van der Waals surface area contributed by atoms with E-state index in [1.54, 1.807) is 6.07 Å². The molecule has 0 aliphatic rings. The van der Waals surface area contributed by atoms with Crippen LogP contribution < -0.4 is 5.73 Å². The first-order valence-corrected chi connectivity index (χ1v) is 6.62. The largest absolute Gasteiger partial charge is 0.327 e. The Morgan fingerprint density at radius 3 is 2.50 bits per heavy atom. The van der Waals surface area contributed by atoms with Gasteiger partial charge in [0.25, 0.3) is 0 Å². The Morgan fingerprint density at radius 1 is 1.39 bits per heavy atom. The van der Waals surface area contributed by atoms with Crippen LogP contribution in [0.5, 0.6) is 0 Å². The number of aryl methyl sites for hydroxylation is 1. The first-order chi connectivity index (χ1) is 8.19. The fourth-order valence-corrected chi connectivity index (χ4v) is 2.16. The minimum absolute atomic E-state index is 0.0636. The van der Waals surface area contributed by atoms with Crippen molar-refractivity contribution in [1.29, 1.82) is 0 Å². The lowest BCUT2D eigenvalue weighted by molar-refractivity contribution is 0.0968. The molecule has 1 atom stereocenters. The summed E-state index contributed by atoms with van der Waals surface area (Å²) >= 11 is 6.02. The number of carbonyl (C=O) groups excluding carboxylic acids is 1. The van der Waals surface area contributed by atoms with Gasteiger partial charge in [-0.05, 0) is 30.4 Å². The number of ketones is 1. The van der Waals surface area contributed by atoms with Crippen LogP contribution in [0.2, 0.25) is 5.02 Å². The van der Waals surface area contributed by atoms with Gasteiger partial charge in [0.05, 0.1) is 0 Å². The predicted octanol–water partition coefficient (Wildman–Crippen LogP) is 3.98. The van der Waals surface area contributed by atoms with Crippen LogP contribution in [0.3, 0.4) is 0 Å². The highest BCUT2D eigenvalue weighted by atomic mass is 35.5. The zero-order chi connectivity index (χ0) is 13.9. The smallest absolute Gasteiger partial charge is 0.164 e. The Kier molecular flexibility index (Phi) is 4.94. The Labute approximate surface area is 115 Å². The van der Waals surface area contributed by atoms with E-state index in [1.165, 1.54) is 0 Å². The number of halogens is 1. The third-order valence-electron chi connectivity index (χ3n) is 2.82. The van der Waals surface area contributed by atoms with Crippen molar-refractivity contribution in [1.82, 2.24) is 0 Å². The van der Waals surface area contributed by atoms with E-state index in [0.29, 0.717) is 17.0 Å². The molecular formula is C15H22ClNO. The number of carbonyl (C=O) groups is 1. The molecule has 0 saturated heterocycles. The molecule has 0 spiro atoms. The van der Waals surface area contributed by atoms with Crippen LogP contribution in [-0.2, 0) is 0 Å². The lowest BCUT2D eigenvalue weighted by Gasteiger charge is -2.22. The number of nitrogens with two attached hydrogens (primary N) is 1. The van der Waals surface area contributed by atoms with Gasteiger partial charge in [-0.3, -0.25) is 4.79 Å². The highest BCUT2D eigenvalue weighted by Gasteiger charge is 2.19. The van der Waals surface area contributed by atoms with Crippen LogP contribution >= 0.6 is 11.6 Å². The molecule has 0 amide bonds. The van der Waals surface area contributed by atoms with E-state index in [-0.39, 0.29) is 17.2 Å². The van der Waals surface area contributed by atoms with Crippen molar-refractivity contribution < 1.29 is 4.79 Å². The summed E-state index contributed by atoms with van der Waals surface area (Å²) in [5.74, 6) is 0.0636. The second-order valence-corrected chi connectivity index (χ2v) is 6.52. The summed E-state index contributed by atoms with van der Waals surface area (Å²) in [4.78, 5) is 12.1. The molecule has 0 saturated carbocycles. The maximum atomic E-state index is 12.1. The quantitative estimate of drug-likeness (QED) is 0.839. The average Bonchev–Trinajstić information content (AvgIpc) is 2.18. The average molecular weight is 268 g/mol. The summed E-state index contributed by atoms with van der Waals surface area (Å²) in [5, 5.41) is 0.630. The molecule has 3 heteroatoms. The van der Waals surface area contributed by atoms with Gasteiger partial charge in [0, 0.05) is 23.0 Å². The normalized spacial score (nSPS) is 13.4. The molecule has 100 valence electrons. The molecule has 0 aromatic heterocycles.